The lowest BCUT2D eigenvalue weighted by atomic mass is 9.86. The standard InChI is InChI=1S/C17H16N2O6S2/c1-8-4-2-3-5-9(8)12-6-11-15(26-12)13(16(18)21)10-7-19(11)17(14(10)20)25-27(22,23)24/h2-6,10,13,17H,7H2,1H3,(H2,18,21)(H,22,23,24). The molecule has 27 heavy (non-hydrogen) atoms. The van der Waals surface area contributed by atoms with E-state index in [1.807, 2.05) is 31.2 Å². The molecule has 3 heterocycles. The summed E-state index contributed by atoms with van der Waals surface area (Å²) in [7, 11) is -4.85. The predicted molar refractivity (Wildman–Crippen MR) is 98.7 cm³/mol. The molecule has 3 atom stereocenters. The van der Waals surface area contributed by atoms with Crippen LogP contribution < -0.4 is 10.6 Å². The van der Waals surface area contributed by atoms with E-state index in [1.165, 1.54) is 16.2 Å². The van der Waals surface area contributed by atoms with E-state index >= 15 is 0 Å². The number of hydrogen-bond donors (Lipinski definition) is 2. The highest BCUT2D eigenvalue weighted by atomic mass is 32.3. The predicted octanol–water partition coefficient (Wildman–Crippen LogP) is 1.46. The minimum Gasteiger partial charge on any atom is -0.369 e. The van der Waals surface area contributed by atoms with E-state index < -0.39 is 40.2 Å². The van der Waals surface area contributed by atoms with Crippen molar-refractivity contribution in [3.8, 4) is 10.4 Å². The lowest BCUT2D eigenvalue weighted by molar-refractivity contribution is -0.130. The molecule has 2 bridgehead atoms. The Labute approximate surface area is 159 Å². The largest absolute Gasteiger partial charge is 0.399 e. The van der Waals surface area contributed by atoms with Crippen LogP contribution in [0.1, 0.15) is 16.4 Å². The van der Waals surface area contributed by atoms with E-state index in [4.69, 9.17) is 10.3 Å². The summed E-state index contributed by atoms with van der Waals surface area (Å²) in [5, 5.41) is 0. The highest BCUT2D eigenvalue weighted by Crippen LogP contribution is 2.51. The number of thiophene rings is 1. The van der Waals surface area contributed by atoms with Gasteiger partial charge in [0, 0.05) is 16.3 Å². The lowest BCUT2D eigenvalue weighted by Crippen LogP contribution is -2.38. The molecule has 142 valence electrons. The van der Waals surface area contributed by atoms with Crippen molar-refractivity contribution in [2.24, 2.45) is 11.7 Å². The van der Waals surface area contributed by atoms with Crippen LogP contribution in [0.25, 0.3) is 10.4 Å². The SMILES string of the molecule is Cc1ccccc1-c1cc2c(s1)C(C(N)=O)C1CN2C(OS(=O)(=O)O)C1=O. The third-order valence-electron chi connectivity index (χ3n) is 4.95. The van der Waals surface area contributed by atoms with Crippen molar-refractivity contribution < 1.29 is 26.7 Å². The fourth-order valence-electron chi connectivity index (χ4n) is 3.78. The zero-order valence-corrected chi connectivity index (χ0v) is 15.8. The Bertz CT molecular complexity index is 1060. The van der Waals surface area contributed by atoms with Crippen LogP contribution in [0, 0.1) is 12.8 Å². The summed E-state index contributed by atoms with van der Waals surface area (Å²) >= 11 is 1.35. The molecule has 1 saturated heterocycles. The molecule has 1 amide bonds. The fourth-order valence-corrected chi connectivity index (χ4v) is 5.64. The molecule has 4 rings (SSSR count). The van der Waals surface area contributed by atoms with Gasteiger partial charge in [0.15, 0.2) is 5.78 Å². The van der Waals surface area contributed by atoms with Gasteiger partial charge in [-0.3, -0.25) is 14.1 Å². The van der Waals surface area contributed by atoms with Crippen LogP contribution in [0.5, 0.6) is 0 Å². The fraction of sp³-hybridized carbons (Fsp3) is 0.294. The molecule has 2 aromatic rings. The number of rotatable bonds is 4. The molecule has 1 fully saturated rings. The number of nitrogens with two attached hydrogens (primary N) is 1. The van der Waals surface area contributed by atoms with E-state index in [1.54, 1.807) is 6.07 Å². The third kappa shape index (κ3) is 2.94. The molecule has 8 nitrogen and oxygen atoms in total. The summed E-state index contributed by atoms with van der Waals surface area (Å²) in [4.78, 5) is 27.7. The van der Waals surface area contributed by atoms with Gasteiger partial charge in [0.1, 0.15) is 0 Å². The van der Waals surface area contributed by atoms with Crippen LogP contribution in [0.4, 0.5) is 5.69 Å². The minimum atomic E-state index is -4.85. The van der Waals surface area contributed by atoms with Crippen molar-refractivity contribution in [1.29, 1.82) is 0 Å². The van der Waals surface area contributed by atoms with Gasteiger partial charge in [-0.1, -0.05) is 24.3 Å². The smallest absolute Gasteiger partial charge is 0.369 e. The third-order valence-corrected chi connectivity index (χ3v) is 6.62. The van der Waals surface area contributed by atoms with Crippen LogP contribution in [-0.2, 0) is 24.2 Å². The van der Waals surface area contributed by atoms with Gasteiger partial charge in [-0.25, -0.2) is 4.18 Å². The highest BCUT2D eigenvalue weighted by molar-refractivity contribution is 7.80. The second-order valence-electron chi connectivity index (χ2n) is 6.59. The minimum absolute atomic E-state index is 0.101. The van der Waals surface area contributed by atoms with E-state index in [2.05, 4.69) is 4.18 Å². The van der Waals surface area contributed by atoms with Gasteiger partial charge in [-0.15, -0.1) is 11.3 Å². The molecule has 1 aromatic carbocycles. The second-order valence-corrected chi connectivity index (χ2v) is 8.72. The Morgan fingerprint density at radius 1 is 1.37 bits per heavy atom. The van der Waals surface area contributed by atoms with Gasteiger partial charge >= 0.3 is 10.4 Å². The van der Waals surface area contributed by atoms with E-state index in [-0.39, 0.29) is 6.54 Å². The van der Waals surface area contributed by atoms with Crippen molar-refractivity contribution >= 4 is 39.1 Å². The van der Waals surface area contributed by atoms with Crippen molar-refractivity contribution in [2.45, 2.75) is 19.1 Å². The number of nitrogens with zero attached hydrogens (tertiary/aromatic N) is 1. The number of Topliss-reactive ketones (excluding diaryl/α,β-unsaturated/α-hetero) is 1. The molecule has 0 spiro atoms. The van der Waals surface area contributed by atoms with E-state index in [0.29, 0.717) is 10.6 Å². The number of primary amides is 1. The summed E-state index contributed by atoms with van der Waals surface area (Å²) in [5.41, 5.74) is 8.10. The average molecular weight is 408 g/mol. The zero-order valence-electron chi connectivity index (χ0n) is 14.2. The Morgan fingerprint density at radius 2 is 2.07 bits per heavy atom. The highest BCUT2D eigenvalue weighted by Gasteiger charge is 2.54. The molecule has 0 radical (unpaired) electrons. The number of hydrogen-bond acceptors (Lipinski definition) is 7. The molecular formula is C17H16N2O6S2. The van der Waals surface area contributed by atoms with Crippen LogP contribution in [-0.4, -0.2) is 37.4 Å². The number of benzene rings is 1. The topological polar surface area (TPSA) is 127 Å². The first-order chi connectivity index (χ1) is 12.7. The molecule has 1 aromatic heterocycles. The molecule has 0 aliphatic carbocycles. The number of carbonyl (C=O) groups excluding carboxylic acids is 2. The molecule has 2 aliphatic heterocycles. The number of fused-ring (bicyclic) bond motifs is 4. The maximum atomic E-state index is 12.6. The number of carbonyl (C=O) groups is 2. The summed E-state index contributed by atoms with van der Waals surface area (Å²) in [5.74, 6) is -2.91. The lowest BCUT2D eigenvalue weighted by Gasteiger charge is -2.29. The van der Waals surface area contributed by atoms with Crippen LogP contribution in [0.3, 0.4) is 0 Å². The first-order valence-corrected chi connectivity index (χ1v) is 10.3. The van der Waals surface area contributed by atoms with Crippen LogP contribution >= 0.6 is 11.3 Å². The summed E-state index contributed by atoms with van der Waals surface area (Å²) in [6.45, 7) is 2.06. The average Bonchev–Trinajstić information content (AvgIpc) is 3.11. The second kappa shape index (κ2) is 6.13. The Morgan fingerprint density at radius 3 is 2.70 bits per heavy atom. The quantitative estimate of drug-likeness (QED) is 0.733. The van der Waals surface area contributed by atoms with Crippen molar-refractivity contribution in [1.82, 2.24) is 0 Å². The maximum Gasteiger partial charge on any atom is 0.399 e. The van der Waals surface area contributed by atoms with Gasteiger partial charge in [0.25, 0.3) is 0 Å². The Kier molecular flexibility index (Phi) is 4.11. The summed E-state index contributed by atoms with van der Waals surface area (Å²) in [6.07, 6.45) is -1.51. The summed E-state index contributed by atoms with van der Waals surface area (Å²) < 4.78 is 36.0. The maximum absolute atomic E-state index is 12.6. The monoisotopic (exact) mass is 408 g/mol. The Balaban J connectivity index is 1.86. The Hall–Kier alpha value is -2.27. The molecular weight excluding hydrogens is 392 g/mol. The van der Waals surface area contributed by atoms with Gasteiger partial charge in [0.2, 0.25) is 12.1 Å². The van der Waals surface area contributed by atoms with Gasteiger partial charge < -0.3 is 10.6 Å². The normalized spacial score (nSPS) is 24.1. The first kappa shape index (κ1) is 18.1. The molecule has 10 heteroatoms. The summed E-state index contributed by atoms with van der Waals surface area (Å²) in [6, 6.07) is 9.51. The number of ketones is 1. The molecule has 2 aliphatic rings. The van der Waals surface area contributed by atoms with Crippen molar-refractivity contribution in [2.75, 3.05) is 11.4 Å². The van der Waals surface area contributed by atoms with Gasteiger partial charge in [-0.2, -0.15) is 8.42 Å². The van der Waals surface area contributed by atoms with Crippen LogP contribution in [0.15, 0.2) is 30.3 Å². The first-order valence-electron chi connectivity index (χ1n) is 8.12. The number of amides is 1. The van der Waals surface area contributed by atoms with Gasteiger partial charge in [0.05, 0.1) is 17.5 Å². The number of anilines is 1. The van der Waals surface area contributed by atoms with Crippen LogP contribution in [0.2, 0.25) is 0 Å². The van der Waals surface area contributed by atoms with Crippen molar-refractivity contribution in [3.63, 3.8) is 0 Å². The number of aryl methyl sites for hydroxylation is 1. The van der Waals surface area contributed by atoms with Gasteiger partial charge in [-0.05, 0) is 24.1 Å². The van der Waals surface area contributed by atoms with Crippen molar-refractivity contribution in [3.05, 3.63) is 40.8 Å². The van der Waals surface area contributed by atoms with E-state index in [9.17, 15) is 18.0 Å². The molecule has 3 unspecified atom stereocenters. The molecule has 3 N–H and O–H groups in total. The molecule has 0 saturated carbocycles. The van der Waals surface area contributed by atoms with E-state index in [0.717, 1.165) is 16.0 Å². The zero-order chi connectivity index (χ0) is 19.5.